The SMILES string of the molecule is Cc1ccccc1C(=O)Nc1cccc(-c2ccn[nH]2)c1. The number of hydrogen-bond donors (Lipinski definition) is 2. The Labute approximate surface area is 122 Å². The fraction of sp³-hybridized carbons (Fsp3) is 0.0588. The number of nitrogens with one attached hydrogen (secondary N) is 2. The van der Waals surface area contributed by atoms with E-state index in [0.717, 1.165) is 22.5 Å². The first-order valence-electron chi connectivity index (χ1n) is 6.71. The smallest absolute Gasteiger partial charge is 0.255 e. The number of rotatable bonds is 3. The number of benzene rings is 2. The monoisotopic (exact) mass is 277 g/mol. The van der Waals surface area contributed by atoms with Gasteiger partial charge in [-0.1, -0.05) is 30.3 Å². The first-order valence-corrected chi connectivity index (χ1v) is 6.71. The number of amides is 1. The molecule has 0 aliphatic heterocycles. The molecule has 0 atom stereocenters. The highest BCUT2D eigenvalue weighted by atomic mass is 16.1. The summed E-state index contributed by atoms with van der Waals surface area (Å²) in [7, 11) is 0. The second-order valence-electron chi connectivity index (χ2n) is 4.82. The van der Waals surface area contributed by atoms with Crippen LogP contribution >= 0.6 is 0 Å². The Bertz CT molecular complexity index is 763. The third-order valence-electron chi connectivity index (χ3n) is 3.32. The van der Waals surface area contributed by atoms with Crippen molar-refractivity contribution in [3.05, 3.63) is 71.9 Å². The summed E-state index contributed by atoms with van der Waals surface area (Å²) < 4.78 is 0. The molecule has 0 aliphatic carbocycles. The second-order valence-corrected chi connectivity index (χ2v) is 4.82. The number of carbonyl (C=O) groups is 1. The molecular weight excluding hydrogens is 262 g/mol. The van der Waals surface area contributed by atoms with Crippen molar-refractivity contribution in [3.63, 3.8) is 0 Å². The molecular formula is C17H15N3O. The quantitative estimate of drug-likeness (QED) is 0.768. The van der Waals surface area contributed by atoms with Gasteiger partial charge in [0.25, 0.3) is 5.91 Å². The van der Waals surface area contributed by atoms with Crippen molar-refractivity contribution in [2.24, 2.45) is 0 Å². The molecule has 104 valence electrons. The number of aryl methyl sites for hydroxylation is 1. The molecule has 1 amide bonds. The van der Waals surface area contributed by atoms with Crippen LogP contribution in [0.5, 0.6) is 0 Å². The largest absolute Gasteiger partial charge is 0.322 e. The summed E-state index contributed by atoms with van der Waals surface area (Å²) in [6, 6.07) is 17.1. The molecule has 0 radical (unpaired) electrons. The second kappa shape index (κ2) is 5.63. The normalized spacial score (nSPS) is 10.3. The fourth-order valence-electron chi connectivity index (χ4n) is 2.21. The Morgan fingerprint density at radius 1 is 1.10 bits per heavy atom. The highest BCUT2D eigenvalue weighted by Crippen LogP contribution is 2.21. The van der Waals surface area contributed by atoms with Gasteiger partial charge < -0.3 is 5.32 Å². The van der Waals surface area contributed by atoms with Gasteiger partial charge in [-0.2, -0.15) is 5.10 Å². The number of aromatic amines is 1. The van der Waals surface area contributed by atoms with E-state index in [-0.39, 0.29) is 5.91 Å². The maximum Gasteiger partial charge on any atom is 0.255 e. The van der Waals surface area contributed by atoms with Gasteiger partial charge in [0.05, 0.1) is 5.69 Å². The van der Waals surface area contributed by atoms with E-state index in [2.05, 4.69) is 15.5 Å². The minimum Gasteiger partial charge on any atom is -0.322 e. The lowest BCUT2D eigenvalue weighted by Crippen LogP contribution is -2.13. The number of aromatic nitrogens is 2. The predicted molar refractivity (Wildman–Crippen MR) is 83.2 cm³/mol. The van der Waals surface area contributed by atoms with E-state index in [1.807, 2.05) is 61.5 Å². The van der Waals surface area contributed by atoms with Gasteiger partial charge in [-0.3, -0.25) is 9.89 Å². The molecule has 0 unspecified atom stereocenters. The molecule has 4 heteroatoms. The van der Waals surface area contributed by atoms with Crippen LogP contribution in [-0.2, 0) is 0 Å². The molecule has 0 saturated carbocycles. The van der Waals surface area contributed by atoms with Crippen molar-refractivity contribution in [2.75, 3.05) is 5.32 Å². The molecule has 2 N–H and O–H groups in total. The van der Waals surface area contributed by atoms with E-state index in [4.69, 9.17) is 0 Å². The zero-order chi connectivity index (χ0) is 14.7. The topological polar surface area (TPSA) is 57.8 Å². The van der Waals surface area contributed by atoms with Crippen molar-refractivity contribution in [3.8, 4) is 11.3 Å². The van der Waals surface area contributed by atoms with Gasteiger partial charge in [-0.05, 0) is 36.8 Å². The Morgan fingerprint density at radius 3 is 2.71 bits per heavy atom. The van der Waals surface area contributed by atoms with Gasteiger partial charge >= 0.3 is 0 Å². The summed E-state index contributed by atoms with van der Waals surface area (Å²) >= 11 is 0. The molecule has 0 saturated heterocycles. The average Bonchev–Trinajstić information content (AvgIpc) is 3.02. The van der Waals surface area contributed by atoms with E-state index in [0.29, 0.717) is 5.56 Å². The fourth-order valence-corrected chi connectivity index (χ4v) is 2.21. The van der Waals surface area contributed by atoms with E-state index in [9.17, 15) is 4.79 Å². The number of H-pyrrole nitrogens is 1. The first-order chi connectivity index (χ1) is 10.2. The van der Waals surface area contributed by atoms with E-state index < -0.39 is 0 Å². The van der Waals surface area contributed by atoms with Gasteiger partial charge in [0, 0.05) is 23.0 Å². The molecule has 0 aliphatic rings. The Hall–Kier alpha value is -2.88. The molecule has 0 fully saturated rings. The summed E-state index contributed by atoms with van der Waals surface area (Å²) in [6.45, 7) is 1.93. The lowest BCUT2D eigenvalue weighted by atomic mass is 10.1. The number of carbonyl (C=O) groups excluding carboxylic acids is 1. The third-order valence-corrected chi connectivity index (χ3v) is 3.32. The Kier molecular flexibility index (Phi) is 3.51. The lowest BCUT2D eigenvalue weighted by Gasteiger charge is -2.08. The number of anilines is 1. The number of nitrogens with zero attached hydrogens (tertiary/aromatic N) is 1. The molecule has 2 aromatic carbocycles. The summed E-state index contributed by atoms with van der Waals surface area (Å²) in [5, 5.41) is 9.78. The van der Waals surface area contributed by atoms with Crippen LogP contribution in [0, 0.1) is 6.92 Å². The minimum atomic E-state index is -0.102. The first kappa shape index (κ1) is 13.1. The average molecular weight is 277 g/mol. The molecule has 21 heavy (non-hydrogen) atoms. The van der Waals surface area contributed by atoms with E-state index in [1.54, 1.807) is 6.20 Å². The van der Waals surface area contributed by atoms with Crippen molar-refractivity contribution >= 4 is 11.6 Å². The predicted octanol–water partition coefficient (Wildman–Crippen LogP) is 3.64. The van der Waals surface area contributed by atoms with Crippen molar-refractivity contribution < 1.29 is 4.79 Å². The van der Waals surface area contributed by atoms with Crippen LogP contribution in [0.25, 0.3) is 11.3 Å². The van der Waals surface area contributed by atoms with Crippen LogP contribution in [0.15, 0.2) is 60.8 Å². The van der Waals surface area contributed by atoms with Gasteiger partial charge in [0.1, 0.15) is 0 Å². The van der Waals surface area contributed by atoms with Crippen LogP contribution in [-0.4, -0.2) is 16.1 Å². The zero-order valence-corrected chi connectivity index (χ0v) is 11.6. The van der Waals surface area contributed by atoms with Gasteiger partial charge in [0.15, 0.2) is 0 Å². The van der Waals surface area contributed by atoms with Gasteiger partial charge in [-0.25, -0.2) is 0 Å². The number of hydrogen-bond acceptors (Lipinski definition) is 2. The van der Waals surface area contributed by atoms with Crippen LogP contribution in [0.4, 0.5) is 5.69 Å². The van der Waals surface area contributed by atoms with Crippen molar-refractivity contribution in [1.29, 1.82) is 0 Å². The van der Waals surface area contributed by atoms with E-state index in [1.165, 1.54) is 0 Å². The molecule has 3 aromatic rings. The summed E-state index contributed by atoms with van der Waals surface area (Å²) in [5.41, 5.74) is 4.30. The van der Waals surface area contributed by atoms with Crippen molar-refractivity contribution in [2.45, 2.75) is 6.92 Å². The van der Waals surface area contributed by atoms with Gasteiger partial charge in [0.2, 0.25) is 0 Å². The standard InChI is InChI=1S/C17H15N3O/c1-12-5-2-3-8-15(12)17(21)19-14-7-4-6-13(11-14)16-9-10-18-20-16/h2-11H,1H3,(H,18,20)(H,19,21). The minimum absolute atomic E-state index is 0.102. The lowest BCUT2D eigenvalue weighted by molar-refractivity contribution is 0.102. The van der Waals surface area contributed by atoms with Crippen LogP contribution in [0.3, 0.4) is 0 Å². The Balaban J connectivity index is 1.84. The molecule has 0 spiro atoms. The van der Waals surface area contributed by atoms with Crippen LogP contribution in [0.1, 0.15) is 15.9 Å². The van der Waals surface area contributed by atoms with Crippen LogP contribution in [0.2, 0.25) is 0 Å². The zero-order valence-electron chi connectivity index (χ0n) is 11.6. The molecule has 3 rings (SSSR count). The maximum atomic E-state index is 12.3. The molecule has 1 heterocycles. The molecule has 0 bridgehead atoms. The molecule has 1 aromatic heterocycles. The highest BCUT2D eigenvalue weighted by molar-refractivity contribution is 6.05. The summed E-state index contributed by atoms with van der Waals surface area (Å²) in [5.74, 6) is -0.102. The summed E-state index contributed by atoms with van der Waals surface area (Å²) in [4.78, 5) is 12.3. The van der Waals surface area contributed by atoms with Gasteiger partial charge in [-0.15, -0.1) is 0 Å². The maximum absolute atomic E-state index is 12.3. The van der Waals surface area contributed by atoms with Crippen LogP contribution < -0.4 is 5.32 Å². The molecule has 4 nitrogen and oxygen atoms in total. The van der Waals surface area contributed by atoms with Crippen molar-refractivity contribution in [1.82, 2.24) is 10.2 Å². The Morgan fingerprint density at radius 2 is 1.95 bits per heavy atom. The third kappa shape index (κ3) is 2.84. The highest BCUT2D eigenvalue weighted by Gasteiger charge is 2.09. The van der Waals surface area contributed by atoms with E-state index >= 15 is 0 Å². The summed E-state index contributed by atoms with van der Waals surface area (Å²) in [6.07, 6.45) is 1.70.